The Hall–Kier alpha value is -2.64. The van der Waals surface area contributed by atoms with E-state index in [4.69, 9.17) is 0 Å². The average molecular weight is 385 g/mol. The standard InChI is InChI=1S/C20H23N3O3S/c1-13-4-6-16(7-5-13)27(25,26)22-9-8-21-20(24)19-12-17-15(3)10-14(2)11-18(17)23-19/h4-7,10-12,22-23H,8-9H2,1-3H3,(H,21,24). The van der Waals surface area contributed by atoms with Crippen molar-refractivity contribution in [3.05, 3.63) is 64.8 Å². The van der Waals surface area contributed by atoms with Crippen LogP contribution in [-0.4, -0.2) is 32.4 Å². The molecule has 1 aromatic heterocycles. The summed E-state index contributed by atoms with van der Waals surface area (Å²) in [6.45, 7) is 6.21. The molecule has 0 unspecified atom stereocenters. The molecule has 0 saturated carbocycles. The number of carbonyl (C=O) groups excluding carboxylic acids is 1. The number of sulfonamides is 1. The molecule has 27 heavy (non-hydrogen) atoms. The number of benzene rings is 2. The predicted molar refractivity (Wildman–Crippen MR) is 106 cm³/mol. The van der Waals surface area contributed by atoms with Crippen molar-refractivity contribution in [2.75, 3.05) is 13.1 Å². The minimum Gasteiger partial charge on any atom is -0.351 e. The Morgan fingerprint density at radius 2 is 1.67 bits per heavy atom. The molecule has 3 rings (SSSR count). The van der Waals surface area contributed by atoms with E-state index in [-0.39, 0.29) is 23.9 Å². The largest absolute Gasteiger partial charge is 0.351 e. The molecule has 0 aliphatic heterocycles. The molecule has 1 amide bonds. The van der Waals surface area contributed by atoms with Crippen LogP contribution in [0.2, 0.25) is 0 Å². The van der Waals surface area contributed by atoms with Crippen molar-refractivity contribution in [2.45, 2.75) is 25.7 Å². The Bertz CT molecular complexity index is 1080. The number of aryl methyl sites for hydroxylation is 3. The first-order chi connectivity index (χ1) is 12.8. The Labute approximate surface area is 159 Å². The van der Waals surface area contributed by atoms with Gasteiger partial charge in [-0.2, -0.15) is 0 Å². The Morgan fingerprint density at radius 1 is 0.963 bits per heavy atom. The third-order valence-electron chi connectivity index (χ3n) is 4.37. The van der Waals surface area contributed by atoms with E-state index in [0.717, 1.165) is 27.6 Å². The van der Waals surface area contributed by atoms with Gasteiger partial charge in [0.1, 0.15) is 5.69 Å². The molecule has 1 heterocycles. The van der Waals surface area contributed by atoms with Gasteiger partial charge in [0.25, 0.3) is 5.91 Å². The van der Waals surface area contributed by atoms with E-state index in [2.05, 4.69) is 21.1 Å². The molecule has 142 valence electrons. The number of fused-ring (bicyclic) bond motifs is 1. The van der Waals surface area contributed by atoms with Crippen LogP contribution in [0.25, 0.3) is 10.9 Å². The fraction of sp³-hybridized carbons (Fsp3) is 0.250. The van der Waals surface area contributed by atoms with Crippen molar-refractivity contribution in [1.82, 2.24) is 15.0 Å². The van der Waals surface area contributed by atoms with Gasteiger partial charge in [-0.25, -0.2) is 13.1 Å². The lowest BCUT2D eigenvalue weighted by atomic mass is 10.1. The van der Waals surface area contributed by atoms with Crippen LogP contribution in [0.4, 0.5) is 0 Å². The first-order valence-electron chi connectivity index (χ1n) is 8.71. The van der Waals surface area contributed by atoms with Gasteiger partial charge in [-0.3, -0.25) is 4.79 Å². The number of H-pyrrole nitrogens is 1. The number of hydrogen-bond donors (Lipinski definition) is 3. The molecule has 0 spiro atoms. The van der Waals surface area contributed by atoms with Crippen molar-refractivity contribution < 1.29 is 13.2 Å². The normalized spacial score (nSPS) is 11.7. The van der Waals surface area contributed by atoms with Gasteiger partial charge in [0.15, 0.2) is 0 Å². The minimum atomic E-state index is -3.58. The van der Waals surface area contributed by atoms with Crippen molar-refractivity contribution in [3.63, 3.8) is 0 Å². The van der Waals surface area contributed by atoms with Gasteiger partial charge in [-0.15, -0.1) is 0 Å². The zero-order chi connectivity index (χ0) is 19.6. The molecule has 2 aromatic carbocycles. The Morgan fingerprint density at radius 3 is 2.37 bits per heavy atom. The lowest BCUT2D eigenvalue weighted by Gasteiger charge is -2.08. The molecule has 3 N–H and O–H groups in total. The molecule has 7 heteroatoms. The maximum atomic E-state index is 12.3. The highest BCUT2D eigenvalue weighted by molar-refractivity contribution is 7.89. The highest BCUT2D eigenvalue weighted by Crippen LogP contribution is 2.21. The highest BCUT2D eigenvalue weighted by atomic mass is 32.2. The maximum absolute atomic E-state index is 12.3. The SMILES string of the molecule is Cc1ccc(S(=O)(=O)NCCNC(=O)c2cc3c(C)cc(C)cc3[nH]2)cc1. The summed E-state index contributed by atoms with van der Waals surface area (Å²) in [5, 5.41) is 3.74. The van der Waals surface area contributed by atoms with Crippen LogP contribution >= 0.6 is 0 Å². The summed E-state index contributed by atoms with van der Waals surface area (Å²) in [5.74, 6) is -0.266. The number of carbonyl (C=O) groups is 1. The fourth-order valence-corrected chi connectivity index (χ4v) is 4.01. The summed E-state index contributed by atoms with van der Waals surface area (Å²) in [5.41, 5.74) is 4.59. The second-order valence-corrected chi connectivity index (χ2v) is 8.46. The fourth-order valence-electron chi connectivity index (χ4n) is 2.98. The van der Waals surface area contributed by atoms with Crippen LogP contribution in [0.15, 0.2) is 47.4 Å². The van der Waals surface area contributed by atoms with Crippen molar-refractivity contribution in [3.8, 4) is 0 Å². The van der Waals surface area contributed by atoms with Crippen molar-refractivity contribution in [1.29, 1.82) is 0 Å². The molecular weight excluding hydrogens is 362 g/mol. The Kier molecular flexibility index (Phi) is 5.34. The van der Waals surface area contributed by atoms with Crippen LogP contribution in [0, 0.1) is 20.8 Å². The lowest BCUT2D eigenvalue weighted by Crippen LogP contribution is -2.34. The number of aromatic nitrogens is 1. The van der Waals surface area contributed by atoms with Gasteiger partial charge in [0.05, 0.1) is 4.90 Å². The quantitative estimate of drug-likeness (QED) is 0.570. The summed E-state index contributed by atoms with van der Waals surface area (Å²) in [6, 6.07) is 12.5. The monoisotopic (exact) mass is 385 g/mol. The van der Waals surface area contributed by atoms with Crippen LogP contribution < -0.4 is 10.0 Å². The minimum absolute atomic E-state index is 0.111. The van der Waals surface area contributed by atoms with Crippen LogP contribution in [0.5, 0.6) is 0 Å². The number of rotatable bonds is 6. The summed E-state index contributed by atoms with van der Waals surface area (Å²) >= 11 is 0. The predicted octanol–water partition coefficient (Wildman–Crippen LogP) is 2.80. The van der Waals surface area contributed by atoms with E-state index in [1.54, 1.807) is 24.3 Å². The molecule has 6 nitrogen and oxygen atoms in total. The average Bonchev–Trinajstić information content (AvgIpc) is 3.03. The molecule has 0 bridgehead atoms. The second kappa shape index (κ2) is 7.54. The zero-order valence-corrected chi connectivity index (χ0v) is 16.4. The van der Waals surface area contributed by atoms with E-state index in [1.807, 2.05) is 32.9 Å². The molecular formula is C20H23N3O3S. The summed E-state index contributed by atoms with van der Waals surface area (Å²) in [7, 11) is -3.58. The third-order valence-corrected chi connectivity index (χ3v) is 5.84. The first kappa shape index (κ1) is 19.1. The van der Waals surface area contributed by atoms with Crippen LogP contribution in [-0.2, 0) is 10.0 Å². The molecule has 0 atom stereocenters. The molecule has 0 fully saturated rings. The topological polar surface area (TPSA) is 91.1 Å². The highest BCUT2D eigenvalue weighted by Gasteiger charge is 2.14. The summed E-state index contributed by atoms with van der Waals surface area (Å²) in [6.07, 6.45) is 0. The molecule has 0 aliphatic carbocycles. The van der Waals surface area contributed by atoms with E-state index in [9.17, 15) is 13.2 Å². The smallest absolute Gasteiger partial charge is 0.267 e. The van der Waals surface area contributed by atoms with Gasteiger partial charge in [-0.1, -0.05) is 23.8 Å². The van der Waals surface area contributed by atoms with Crippen LogP contribution in [0.1, 0.15) is 27.2 Å². The Balaban J connectivity index is 1.58. The zero-order valence-electron chi connectivity index (χ0n) is 15.6. The van der Waals surface area contributed by atoms with Gasteiger partial charge >= 0.3 is 0 Å². The number of hydrogen-bond acceptors (Lipinski definition) is 3. The number of nitrogens with one attached hydrogen (secondary N) is 3. The summed E-state index contributed by atoms with van der Waals surface area (Å²) < 4.78 is 26.9. The van der Waals surface area contributed by atoms with Crippen molar-refractivity contribution in [2.24, 2.45) is 0 Å². The third kappa shape index (κ3) is 4.37. The summed E-state index contributed by atoms with van der Waals surface area (Å²) in [4.78, 5) is 15.6. The van der Waals surface area contributed by atoms with Gasteiger partial charge in [0, 0.05) is 24.0 Å². The van der Waals surface area contributed by atoms with Gasteiger partial charge in [0.2, 0.25) is 10.0 Å². The maximum Gasteiger partial charge on any atom is 0.267 e. The number of amides is 1. The second-order valence-electron chi connectivity index (χ2n) is 6.69. The molecule has 0 aliphatic rings. The van der Waals surface area contributed by atoms with E-state index in [0.29, 0.717) is 5.69 Å². The lowest BCUT2D eigenvalue weighted by molar-refractivity contribution is 0.0950. The van der Waals surface area contributed by atoms with E-state index >= 15 is 0 Å². The van der Waals surface area contributed by atoms with Gasteiger partial charge in [-0.05, 0) is 56.2 Å². The van der Waals surface area contributed by atoms with E-state index in [1.165, 1.54) is 0 Å². The number of aromatic amines is 1. The van der Waals surface area contributed by atoms with Gasteiger partial charge < -0.3 is 10.3 Å². The van der Waals surface area contributed by atoms with E-state index < -0.39 is 10.0 Å². The van der Waals surface area contributed by atoms with Crippen LogP contribution in [0.3, 0.4) is 0 Å². The van der Waals surface area contributed by atoms with Crippen molar-refractivity contribution >= 4 is 26.8 Å². The molecule has 3 aromatic rings. The molecule has 0 saturated heterocycles. The first-order valence-corrected chi connectivity index (χ1v) is 10.2. The molecule has 0 radical (unpaired) electrons.